The molecule has 2 N–H and O–H groups in total. The van der Waals surface area contributed by atoms with Crippen LogP contribution in [0.5, 0.6) is 5.75 Å². The molecule has 76 valence electrons. The van der Waals surface area contributed by atoms with E-state index < -0.39 is 0 Å². The molecule has 0 aliphatic carbocycles. The number of carbonyl (C=O) groups excluding carboxylic acids is 1. The summed E-state index contributed by atoms with van der Waals surface area (Å²) in [5, 5.41) is 9.09. The quantitative estimate of drug-likeness (QED) is 0.732. The van der Waals surface area contributed by atoms with Crippen molar-refractivity contribution < 1.29 is 9.90 Å². The Morgan fingerprint density at radius 3 is 2.47 bits per heavy atom. The van der Waals surface area contributed by atoms with Gasteiger partial charge in [-0.3, -0.25) is 4.79 Å². The van der Waals surface area contributed by atoms with Crippen LogP contribution in [0.4, 0.5) is 0 Å². The molecule has 3 nitrogen and oxygen atoms in total. The molecule has 15 heavy (non-hydrogen) atoms. The molecule has 0 amide bonds. The minimum absolute atomic E-state index is 0.0666. The van der Waals surface area contributed by atoms with Gasteiger partial charge in [0, 0.05) is 11.8 Å². The van der Waals surface area contributed by atoms with Gasteiger partial charge in [-0.15, -0.1) is 0 Å². The first-order valence-corrected chi connectivity index (χ1v) is 4.65. The van der Waals surface area contributed by atoms with Gasteiger partial charge < -0.3 is 10.1 Å². The summed E-state index contributed by atoms with van der Waals surface area (Å²) < 4.78 is 0. The predicted octanol–water partition coefficient (Wildman–Crippen LogP) is 2.26. The Labute approximate surface area is 87.4 Å². The normalized spacial score (nSPS) is 10.2. The third-order valence-electron chi connectivity index (χ3n) is 2.20. The van der Waals surface area contributed by atoms with Crippen molar-refractivity contribution in [3.05, 3.63) is 53.3 Å². The molecule has 0 unspecified atom stereocenters. The maximum Gasteiger partial charge on any atom is 0.209 e. The van der Waals surface area contributed by atoms with Gasteiger partial charge in [0.15, 0.2) is 0 Å². The summed E-state index contributed by atoms with van der Waals surface area (Å²) in [5.74, 6) is 0.0947. The van der Waals surface area contributed by atoms with E-state index in [0.717, 1.165) is 5.56 Å². The van der Waals surface area contributed by atoms with Gasteiger partial charge in [-0.1, -0.05) is 0 Å². The van der Waals surface area contributed by atoms with Crippen molar-refractivity contribution in [3.8, 4) is 5.75 Å². The number of H-pyrrole nitrogens is 1. The zero-order chi connectivity index (χ0) is 10.8. The minimum Gasteiger partial charge on any atom is -0.508 e. The number of aromatic amines is 1. The Balaban J connectivity index is 2.32. The van der Waals surface area contributed by atoms with E-state index in [9.17, 15) is 4.79 Å². The second kappa shape index (κ2) is 3.61. The number of carbonyl (C=O) groups is 1. The van der Waals surface area contributed by atoms with E-state index in [1.807, 2.05) is 6.92 Å². The number of aromatic hydroxyl groups is 1. The molecule has 0 saturated heterocycles. The highest BCUT2D eigenvalue weighted by molar-refractivity contribution is 6.07. The lowest BCUT2D eigenvalue weighted by molar-refractivity contribution is 0.103. The number of hydrogen-bond donors (Lipinski definition) is 2. The summed E-state index contributed by atoms with van der Waals surface area (Å²) in [6.07, 6.45) is 1.79. The number of aryl methyl sites for hydroxylation is 1. The van der Waals surface area contributed by atoms with Crippen LogP contribution in [0.3, 0.4) is 0 Å². The Morgan fingerprint density at radius 2 is 1.93 bits per heavy atom. The van der Waals surface area contributed by atoms with E-state index in [2.05, 4.69) is 4.98 Å². The highest BCUT2D eigenvalue weighted by atomic mass is 16.3. The molecule has 0 spiro atoms. The van der Waals surface area contributed by atoms with Gasteiger partial charge in [0.2, 0.25) is 5.78 Å². The van der Waals surface area contributed by atoms with Gasteiger partial charge in [0.1, 0.15) is 5.75 Å². The van der Waals surface area contributed by atoms with Gasteiger partial charge in [-0.05, 0) is 42.8 Å². The molecule has 0 fully saturated rings. The fraction of sp³-hybridized carbons (Fsp3) is 0.0833. The van der Waals surface area contributed by atoms with Crippen LogP contribution in [-0.4, -0.2) is 15.9 Å². The molecular weight excluding hydrogens is 190 g/mol. The van der Waals surface area contributed by atoms with Crippen molar-refractivity contribution in [1.82, 2.24) is 4.98 Å². The number of ketones is 1. The zero-order valence-electron chi connectivity index (χ0n) is 8.32. The third kappa shape index (κ3) is 1.91. The number of hydrogen-bond acceptors (Lipinski definition) is 2. The number of benzene rings is 1. The highest BCUT2D eigenvalue weighted by Gasteiger charge is 2.09. The number of rotatable bonds is 2. The summed E-state index contributed by atoms with van der Waals surface area (Å²) in [4.78, 5) is 14.8. The smallest absolute Gasteiger partial charge is 0.209 e. The molecule has 2 aromatic rings. The van der Waals surface area contributed by atoms with Crippen molar-refractivity contribution in [3.63, 3.8) is 0 Å². The average molecular weight is 201 g/mol. The topological polar surface area (TPSA) is 53.1 Å². The largest absolute Gasteiger partial charge is 0.508 e. The van der Waals surface area contributed by atoms with Crippen molar-refractivity contribution in [2.45, 2.75) is 6.92 Å². The van der Waals surface area contributed by atoms with Crippen molar-refractivity contribution >= 4 is 5.78 Å². The van der Waals surface area contributed by atoms with Gasteiger partial charge in [0.05, 0.1) is 5.69 Å². The first-order chi connectivity index (χ1) is 7.16. The summed E-state index contributed by atoms with van der Waals surface area (Å²) in [5.41, 5.74) is 2.16. The number of aromatic nitrogens is 1. The molecule has 0 saturated carbocycles. The Hall–Kier alpha value is -2.03. The number of nitrogens with one attached hydrogen (secondary N) is 1. The van der Waals surface area contributed by atoms with Gasteiger partial charge in [0.25, 0.3) is 0 Å². The van der Waals surface area contributed by atoms with Crippen LogP contribution in [0.15, 0.2) is 36.5 Å². The summed E-state index contributed by atoms with van der Waals surface area (Å²) in [6.45, 7) is 1.92. The molecule has 3 heteroatoms. The number of phenols is 1. The summed E-state index contributed by atoms with van der Waals surface area (Å²) in [7, 11) is 0. The molecule has 0 atom stereocenters. The van der Waals surface area contributed by atoms with Gasteiger partial charge in [-0.25, -0.2) is 0 Å². The predicted molar refractivity (Wildman–Crippen MR) is 57.1 cm³/mol. The molecule has 0 bridgehead atoms. The molecule has 0 radical (unpaired) electrons. The van der Waals surface area contributed by atoms with Crippen LogP contribution >= 0.6 is 0 Å². The summed E-state index contributed by atoms with van der Waals surface area (Å²) in [6, 6.07) is 8.02. The van der Waals surface area contributed by atoms with Crippen LogP contribution in [0, 0.1) is 6.92 Å². The Bertz CT molecular complexity index is 483. The third-order valence-corrected chi connectivity index (χ3v) is 2.20. The molecular formula is C12H11NO2. The van der Waals surface area contributed by atoms with Crippen molar-refractivity contribution in [1.29, 1.82) is 0 Å². The number of phenolic OH excluding ortho intramolecular Hbond substituents is 1. The maximum absolute atomic E-state index is 11.9. The highest BCUT2D eigenvalue weighted by Crippen LogP contribution is 2.13. The maximum atomic E-state index is 11.9. The lowest BCUT2D eigenvalue weighted by Gasteiger charge is -1.98. The van der Waals surface area contributed by atoms with E-state index in [1.54, 1.807) is 24.4 Å². The Morgan fingerprint density at radius 1 is 1.27 bits per heavy atom. The SMILES string of the molecule is Cc1c[nH]c(C(=O)c2ccc(O)cc2)c1. The molecule has 1 aromatic heterocycles. The van der Waals surface area contributed by atoms with Crippen molar-refractivity contribution in [2.24, 2.45) is 0 Å². The average Bonchev–Trinajstić information content (AvgIpc) is 2.65. The van der Waals surface area contributed by atoms with Gasteiger partial charge in [-0.2, -0.15) is 0 Å². The monoisotopic (exact) mass is 201 g/mol. The van der Waals surface area contributed by atoms with E-state index in [1.165, 1.54) is 12.1 Å². The summed E-state index contributed by atoms with van der Waals surface area (Å²) >= 11 is 0. The Kier molecular flexibility index (Phi) is 2.29. The zero-order valence-corrected chi connectivity index (χ0v) is 8.32. The van der Waals surface area contributed by atoms with Crippen LogP contribution in [-0.2, 0) is 0 Å². The second-order valence-corrected chi connectivity index (χ2v) is 3.47. The molecule has 0 aliphatic rings. The standard InChI is InChI=1S/C12H11NO2/c1-8-6-11(13-7-8)12(15)9-2-4-10(14)5-3-9/h2-7,13-14H,1H3. The van der Waals surface area contributed by atoms with Gasteiger partial charge >= 0.3 is 0 Å². The molecule has 0 aliphatic heterocycles. The van der Waals surface area contributed by atoms with E-state index >= 15 is 0 Å². The van der Waals surface area contributed by atoms with E-state index in [4.69, 9.17) is 5.11 Å². The first kappa shape index (κ1) is 9.52. The van der Waals surface area contributed by atoms with Crippen LogP contribution < -0.4 is 0 Å². The van der Waals surface area contributed by atoms with Crippen LogP contribution in [0.25, 0.3) is 0 Å². The minimum atomic E-state index is -0.0666. The van der Waals surface area contributed by atoms with Crippen molar-refractivity contribution in [2.75, 3.05) is 0 Å². The van der Waals surface area contributed by atoms with E-state index in [0.29, 0.717) is 11.3 Å². The second-order valence-electron chi connectivity index (χ2n) is 3.47. The van der Waals surface area contributed by atoms with Crippen LogP contribution in [0.1, 0.15) is 21.6 Å². The lowest BCUT2D eigenvalue weighted by Crippen LogP contribution is -2.00. The molecule has 1 aromatic carbocycles. The fourth-order valence-electron chi connectivity index (χ4n) is 1.40. The first-order valence-electron chi connectivity index (χ1n) is 4.65. The fourth-order valence-corrected chi connectivity index (χ4v) is 1.40. The molecule has 1 heterocycles. The molecule has 2 rings (SSSR count). The van der Waals surface area contributed by atoms with E-state index in [-0.39, 0.29) is 11.5 Å². The lowest BCUT2D eigenvalue weighted by atomic mass is 10.1. The van der Waals surface area contributed by atoms with Crippen LogP contribution in [0.2, 0.25) is 0 Å².